The van der Waals surface area contributed by atoms with Crippen molar-refractivity contribution in [1.82, 2.24) is 0 Å². The zero-order valence-electron chi connectivity index (χ0n) is 10.2. The van der Waals surface area contributed by atoms with Gasteiger partial charge in [0.05, 0.1) is 22.2 Å². The molecule has 0 bridgehead atoms. The third kappa shape index (κ3) is 2.96. The molecule has 0 fully saturated rings. The molecule has 20 heavy (non-hydrogen) atoms. The van der Waals surface area contributed by atoms with Gasteiger partial charge < -0.3 is 4.74 Å². The van der Waals surface area contributed by atoms with Gasteiger partial charge in [-0.3, -0.25) is 4.79 Å². The van der Waals surface area contributed by atoms with Crippen LogP contribution in [0.2, 0.25) is 15.1 Å². The highest BCUT2D eigenvalue weighted by molar-refractivity contribution is 9.10. The molecule has 2 aromatic carbocycles. The van der Waals surface area contributed by atoms with Crippen LogP contribution in [-0.2, 0) is 0 Å². The monoisotopic (exact) mass is 392 g/mol. The third-order valence-corrected chi connectivity index (χ3v) is 4.59. The van der Waals surface area contributed by atoms with Gasteiger partial charge in [0.15, 0.2) is 5.78 Å². The fraction of sp³-hybridized carbons (Fsp3) is 0.0714. The van der Waals surface area contributed by atoms with E-state index >= 15 is 0 Å². The van der Waals surface area contributed by atoms with Crippen molar-refractivity contribution in [2.24, 2.45) is 0 Å². The van der Waals surface area contributed by atoms with Crippen molar-refractivity contribution in [3.8, 4) is 5.75 Å². The summed E-state index contributed by atoms with van der Waals surface area (Å²) in [5.74, 6) is 0.111. The Morgan fingerprint density at radius 1 is 1.10 bits per heavy atom. The van der Waals surface area contributed by atoms with Gasteiger partial charge in [-0.2, -0.15) is 0 Å². The number of benzene rings is 2. The number of hydrogen-bond acceptors (Lipinski definition) is 2. The molecule has 0 N–H and O–H groups in total. The van der Waals surface area contributed by atoms with E-state index in [0.717, 1.165) is 0 Å². The van der Waals surface area contributed by atoms with Crippen LogP contribution in [-0.4, -0.2) is 12.9 Å². The normalized spacial score (nSPS) is 10.4. The first-order valence-electron chi connectivity index (χ1n) is 5.47. The van der Waals surface area contributed by atoms with Gasteiger partial charge in [-0.1, -0.05) is 40.9 Å². The molecule has 0 spiro atoms. The van der Waals surface area contributed by atoms with Crippen molar-refractivity contribution in [3.05, 3.63) is 61.0 Å². The average Bonchev–Trinajstić information content (AvgIpc) is 2.43. The molecule has 0 radical (unpaired) electrons. The maximum atomic E-state index is 12.5. The van der Waals surface area contributed by atoms with Crippen molar-refractivity contribution in [1.29, 1.82) is 0 Å². The molecule has 0 amide bonds. The summed E-state index contributed by atoms with van der Waals surface area (Å²) in [6, 6.07) is 8.08. The van der Waals surface area contributed by atoms with Gasteiger partial charge in [0.25, 0.3) is 0 Å². The quantitative estimate of drug-likeness (QED) is 0.629. The van der Waals surface area contributed by atoms with Gasteiger partial charge in [0.2, 0.25) is 0 Å². The van der Waals surface area contributed by atoms with E-state index < -0.39 is 0 Å². The van der Waals surface area contributed by atoms with Gasteiger partial charge in [-0.05, 0) is 34.1 Å². The van der Waals surface area contributed by atoms with Crippen LogP contribution in [0.4, 0.5) is 0 Å². The molecule has 2 nitrogen and oxygen atoms in total. The Hall–Kier alpha value is -0.740. The Labute approximate surface area is 139 Å². The van der Waals surface area contributed by atoms with E-state index in [1.807, 2.05) is 0 Å². The molecule has 0 heterocycles. The summed E-state index contributed by atoms with van der Waals surface area (Å²) in [7, 11) is 1.48. The van der Waals surface area contributed by atoms with Crippen LogP contribution in [0.3, 0.4) is 0 Å². The molecule has 0 aliphatic carbocycles. The zero-order chi connectivity index (χ0) is 14.9. The zero-order valence-corrected chi connectivity index (χ0v) is 14.1. The highest BCUT2D eigenvalue weighted by Crippen LogP contribution is 2.34. The smallest absolute Gasteiger partial charge is 0.196 e. The Morgan fingerprint density at radius 3 is 2.45 bits per heavy atom. The average molecular weight is 394 g/mol. The lowest BCUT2D eigenvalue weighted by atomic mass is 10.0. The number of carbonyl (C=O) groups is 1. The molecular weight excluding hydrogens is 386 g/mol. The minimum atomic E-state index is -0.300. The first-order valence-corrected chi connectivity index (χ1v) is 7.40. The van der Waals surface area contributed by atoms with Crippen LogP contribution in [0.5, 0.6) is 5.75 Å². The second-order valence-electron chi connectivity index (χ2n) is 3.90. The summed E-state index contributed by atoms with van der Waals surface area (Å²) in [6.07, 6.45) is 0. The van der Waals surface area contributed by atoms with E-state index in [-0.39, 0.29) is 16.4 Å². The molecule has 2 aromatic rings. The third-order valence-electron chi connectivity index (χ3n) is 2.68. The van der Waals surface area contributed by atoms with Gasteiger partial charge in [-0.15, -0.1) is 0 Å². The summed E-state index contributed by atoms with van der Waals surface area (Å²) >= 11 is 21.5. The van der Waals surface area contributed by atoms with E-state index in [9.17, 15) is 4.79 Å². The van der Waals surface area contributed by atoms with Crippen molar-refractivity contribution in [2.45, 2.75) is 0 Å². The lowest BCUT2D eigenvalue weighted by Gasteiger charge is -2.10. The van der Waals surface area contributed by atoms with E-state index in [1.54, 1.807) is 18.2 Å². The standard InChI is InChI=1S/C14H8BrCl3O2/c1-20-12-6-10(16)8(5-11(12)17)14(19)7-3-2-4-9(15)13(7)18/h2-6H,1H3. The van der Waals surface area contributed by atoms with Gasteiger partial charge in [0.1, 0.15) is 5.75 Å². The number of methoxy groups -OCH3 is 1. The van der Waals surface area contributed by atoms with Crippen molar-refractivity contribution in [2.75, 3.05) is 7.11 Å². The Morgan fingerprint density at radius 2 is 1.80 bits per heavy atom. The van der Waals surface area contributed by atoms with Crippen LogP contribution in [0.1, 0.15) is 15.9 Å². The van der Waals surface area contributed by atoms with Gasteiger partial charge >= 0.3 is 0 Å². The van der Waals surface area contributed by atoms with Crippen LogP contribution in [0.25, 0.3) is 0 Å². The largest absolute Gasteiger partial charge is 0.495 e. The Balaban J connectivity index is 2.54. The first kappa shape index (κ1) is 15.6. The maximum absolute atomic E-state index is 12.5. The topological polar surface area (TPSA) is 26.3 Å². The lowest BCUT2D eigenvalue weighted by Crippen LogP contribution is -2.04. The van der Waals surface area contributed by atoms with E-state index in [0.29, 0.717) is 25.8 Å². The van der Waals surface area contributed by atoms with Gasteiger partial charge in [0, 0.05) is 21.7 Å². The second-order valence-corrected chi connectivity index (χ2v) is 5.94. The number of rotatable bonds is 3. The lowest BCUT2D eigenvalue weighted by molar-refractivity contribution is 0.103. The maximum Gasteiger partial charge on any atom is 0.196 e. The molecule has 104 valence electrons. The van der Waals surface area contributed by atoms with Crippen molar-refractivity contribution in [3.63, 3.8) is 0 Å². The highest BCUT2D eigenvalue weighted by Gasteiger charge is 2.19. The Kier molecular flexibility index (Phi) is 4.97. The SMILES string of the molecule is COc1cc(Cl)c(C(=O)c2cccc(Br)c2Cl)cc1Cl. The Bertz CT molecular complexity index is 686. The molecule has 0 saturated carbocycles. The minimum Gasteiger partial charge on any atom is -0.495 e. The number of halogens is 4. The van der Waals surface area contributed by atoms with Crippen LogP contribution in [0, 0.1) is 0 Å². The molecule has 0 saturated heterocycles. The van der Waals surface area contributed by atoms with Crippen LogP contribution >= 0.6 is 50.7 Å². The summed E-state index contributed by atoms with van der Waals surface area (Å²) in [5, 5.41) is 0.902. The number of ketones is 1. The molecular formula is C14H8BrCl3O2. The molecule has 0 aromatic heterocycles. The number of ether oxygens (including phenoxy) is 1. The van der Waals surface area contributed by atoms with Crippen molar-refractivity contribution < 1.29 is 9.53 Å². The van der Waals surface area contributed by atoms with E-state index in [1.165, 1.54) is 19.2 Å². The number of hydrogen-bond donors (Lipinski definition) is 0. The van der Waals surface area contributed by atoms with Crippen molar-refractivity contribution >= 4 is 56.5 Å². The summed E-state index contributed by atoms with van der Waals surface area (Å²) in [6.45, 7) is 0. The number of carbonyl (C=O) groups excluding carboxylic acids is 1. The van der Waals surface area contributed by atoms with E-state index in [2.05, 4.69) is 15.9 Å². The van der Waals surface area contributed by atoms with Gasteiger partial charge in [-0.25, -0.2) is 0 Å². The predicted octanol–water partition coefficient (Wildman–Crippen LogP) is 5.65. The molecule has 2 rings (SSSR count). The molecule has 0 unspecified atom stereocenters. The molecule has 0 aliphatic rings. The molecule has 0 aliphatic heterocycles. The summed E-state index contributed by atoms with van der Waals surface area (Å²) in [4.78, 5) is 12.5. The van der Waals surface area contributed by atoms with E-state index in [4.69, 9.17) is 39.5 Å². The first-order chi connectivity index (χ1) is 9.45. The fourth-order valence-electron chi connectivity index (χ4n) is 1.68. The minimum absolute atomic E-state index is 0.257. The highest BCUT2D eigenvalue weighted by atomic mass is 79.9. The molecule has 6 heteroatoms. The second kappa shape index (κ2) is 6.35. The fourth-order valence-corrected chi connectivity index (χ4v) is 2.74. The predicted molar refractivity (Wildman–Crippen MR) is 85.6 cm³/mol. The summed E-state index contributed by atoms with van der Waals surface area (Å²) < 4.78 is 5.69. The van der Waals surface area contributed by atoms with Crippen LogP contribution < -0.4 is 4.74 Å². The van der Waals surface area contributed by atoms with Crippen LogP contribution in [0.15, 0.2) is 34.8 Å². The summed E-state index contributed by atoms with van der Waals surface area (Å²) in [5.41, 5.74) is 0.627. The molecule has 0 atom stereocenters.